The summed E-state index contributed by atoms with van der Waals surface area (Å²) in [6, 6.07) is 7.36. The van der Waals surface area contributed by atoms with Crippen molar-refractivity contribution in [2.45, 2.75) is 46.3 Å². The van der Waals surface area contributed by atoms with E-state index in [9.17, 15) is 0 Å². The number of nitrogens with zero attached hydrogens (tertiary/aromatic N) is 1. The van der Waals surface area contributed by atoms with Crippen LogP contribution in [0, 0.1) is 5.92 Å². The van der Waals surface area contributed by atoms with Gasteiger partial charge in [-0.2, -0.15) is 0 Å². The molecule has 0 aliphatic carbocycles. The molecule has 1 aromatic carbocycles. The highest BCUT2D eigenvalue weighted by atomic mass is 16.5. The van der Waals surface area contributed by atoms with E-state index < -0.39 is 0 Å². The summed E-state index contributed by atoms with van der Waals surface area (Å²) in [7, 11) is 5.91. The Hall–Kier alpha value is -1.06. The van der Waals surface area contributed by atoms with Gasteiger partial charge in [0.25, 0.3) is 0 Å². The predicted molar refractivity (Wildman–Crippen MR) is 86.2 cm³/mol. The molecule has 0 bridgehead atoms. The molecule has 114 valence electrons. The number of nitrogens with one attached hydrogen (secondary N) is 1. The number of ether oxygens (including phenoxy) is 1. The van der Waals surface area contributed by atoms with Gasteiger partial charge in [0.1, 0.15) is 5.75 Å². The summed E-state index contributed by atoms with van der Waals surface area (Å²) in [6.07, 6.45) is 0. The zero-order valence-electron chi connectivity index (χ0n) is 14.0. The minimum absolute atomic E-state index is 0.354. The van der Waals surface area contributed by atoms with Gasteiger partial charge >= 0.3 is 0 Å². The molecule has 0 saturated heterocycles. The summed E-state index contributed by atoms with van der Waals surface area (Å²) >= 11 is 0. The van der Waals surface area contributed by atoms with Crippen molar-refractivity contribution in [2.24, 2.45) is 5.92 Å². The molecule has 1 N–H and O–H groups in total. The molecule has 2 unspecified atom stereocenters. The van der Waals surface area contributed by atoms with Crippen LogP contribution in [0.2, 0.25) is 0 Å². The molecule has 0 saturated carbocycles. The highest BCUT2D eigenvalue weighted by molar-refractivity contribution is 5.38. The molecule has 1 aromatic rings. The van der Waals surface area contributed by atoms with Gasteiger partial charge in [0.05, 0.1) is 7.11 Å². The van der Waals surface area contributed by atoms with E-state index in [-0.39, 0.29) is 0 Å². The van der Waals surface area contributed by atoms with Gasteiger partial charge in [-0.3, -0.25) is 4.90 Å². The molecule has 0 radical (unpaired) electrons. The number of hydrogen-bond acceptors (Lipinski definition) is 3. The van der Waals surface area contributed by atoms with Gasteiger partial charge in [0, 0.05) is 24.2 Å². The summed E-state index contributed by atoms with van der Waals surface area (Å²) in [5, 5.41) is 3.29. The van der Waals surface area contributed by atoms with Gasteiger partial charge in [-0.1, -0.05) is 19.9 Å². The monoisotopic (exact) mass is 278 g/mol. The van der Waals surface area contributed by atoms with Crippen LogP contribution in [0.5, 0.6) is 5.75 Å². The standard InChI is InChI=1S/C17H30N2O/c1-12(2)14(4)19(6)11-16-10-15(13(3)18-5)8-9-17(16)20-7/h8-10,12-14,18H,11H2,1-7H3. The molecule has 0 aliphatic rings. The van der Waals surface area contributed by atoms with Gasteiger partial charge in [0.15, 0.2) is 0 Å². The van der Waals surface area contributed by atoms with Gasteiger partial charge in [-0.05, 0) is 51.6 Å². The van der Waals surface area contributed by atoms with Crippen LogP contribution in [-0.2, 0) is 6.54 Å². The third-order valence-corrected chi connectivity index (χ3v) is 4.32. The minimum Gasteiger partial charge on any atom is -0.496 e. The van der Waals surface area contributed by atoms with Crippen molar-refractivity contribution in [1.82, 2.24) is 10.2 Å². The molecule has 3 heteroatoms. The molecule has 0 aromatic heterocycles. The molecule has 0 amide bonds. The molecular formula is C17H30N2O. The lowest BCUT2D eigenvalue weighted by Gasteiger charge is -2.28. The van der Waals surface area contributed by atoms with Gasteiger partial charge in [-0.25, -0.2) is 0 Å². The van der Waals surface area contributed by atoms with Gasteiger partial charge in [-0.15, -0.1) is 0 Å². The molecule has 2 atom stereocenters. The highest BCUT2D eigenvalue weighted by Crippen LogP contribution is 2.25. The van der Waals surface area contributed by atoms with Crippen molar-refractivity contribution >= 4 is 0 Å². The summed E-state index contributed by atoms with van der Waals surface area (Å²) < 4.78 is 5.51. The number of hydrogen-bond donors (Lipinski definition) is 1. The Morgan fingerprint density at radius 1 is 1.20 bits per heavy atom. The first kappa shape index (κ1) is 17.0. The molecule has 1 rings (SSSR count). The van der Waals surface area contributed by atoms with Crippen molar-refractivity contribution in [3.8, 4) is 5.75 Å². The second kappa shape index (κ2) is 7.65. The lowest BCUT2D eigenvalue weighted by atomic mass is 10.0. The lowest BCUT2D eigenvalue weighted by molar-refractivity contribution is 0.198. The fourth-order valence-electron chi connectivity index (χ4n) is 2.28. The maximum Gasteiger partial charge on any atom is 0.123 e. The van der Waals surface area contributed by atoms with E-state index in [2.05, 4.69) is 63.2 Å². The van der Waals surface area contributed by atoms with Crippen LogP contribution in [0.1, 0.15) is 44.9 Å². The molecular weight excluding hydrogens is 248 g/mol. The molecule has 0 aliphatic heterocycles. The number of methoxy groups -OCH3 is 1. The first-order valence-corrected chi connectivity index (χ1v) is 7.45. The lowest BCUT2D eigenvalue weighted by Crippen LogP contribution is -2.32. The van der Waals surface area contributed by atoms with Crippen LogP contribution in [0.15, 0.2) is 18.2 Å². The first-order chi connectivity index (χ1) is 9.40. The Balaban J connectivity index is 2.96. The molecule has 3 nitrogen and oxygen atoms in total. The Kier molecular flexibility index (Phi) is 6.50. The van der Waals surface area contributed by atoms with E-state index in [1.54, 1.807) is 7.11 Å². The van der Waals surface area contributed by atoms with Crippen LogP contribution in [-0.4, -0.2) is 32.1 Å². The SMILES string of the molecule is CNC(C)c1ccc(OC)c(CN(C)C(C)C(C)C)c1. The van der Waals surface area contributed by atoms with Crippen LogP contribution >= 0.6 is 0 Å². The van der Waals surface area contributed by atoms with Crippen LogP contribution in [0.4, 0.5) is 0 Å². The van der Waals surface area contributed by atoms with Crippen molar-refractivity contribution in [1.29, 1.82) is 0 Å². The fraction of sp³-hybridized carbons (Fsp3) is 0.647. The topological polar surface area (TPSA) is 24.5 Å². The van der Waals surface area contributed by atoms with Crippen molar-refractivity contribution < 1.29 is 4.74 Å². The molecule has 20 heavy (non-hydrogen) atoms. The Labute approximate surface area is 124 Å². The second-order valence-corrected chi connectivity index (χ2v) is 5.98. The van der Waals surface area contributed by atoms with Crippen LogP contribution < -0.4 is 10.1 Å². The van der Waals surface area contributed by atoms with Crippen LogP contribution in [0.25, 0.3) is 0 Å². The van der Waals surface area contributed by atoms with Crippen molar-refractivity contribution in [3.63, 3.8) is 0 Å². The summed E-state index contributed by atoms with van der Waals surface area (Å²) in [5.41, 5.74) is 2.55. The van der Waals surface area contributed by atoms with Crippen molar-refractivity contribution in [2.75, 3.05) is 21.2 Å². The van der Waals surface area contributed by atoms with E-state index >= 15 is 0 Å². The summed E-state index contributed by atoms with van der Waals surface area (Å²) in [4.78, 5) is 2.39. The zero-order valence-corrected chi connectivity index (χ0v) is 14.0. The third-order valence-electron chi connectivity index (χ3n) is 4.32. The van der Waals surface area contributed by atoms with E-state index in [1.807, 2.05) is 7.05 Å². The highest BCUT2D eigenvalue weighted by Gasteiger charge is 2.16. The van der Waals surface area contributed by atoms with Crippen molar-refractivity contribution in [3.05, 3.63) is 29.3 Å². The third kappa shape index (κ3) is 4.22. The van der Waals surface area contributed by atoms with E-state index in [1.165, 1.54) is 11.1 Å². The molecule has 0 heterocycles. The Morgan fingerprint density at radius 3 is 2.35 bits per heavy atom. The number of rotatable bonds is 7. The fourth-order valence-corrected chi connectivity index (χ4v) is 2.28. The molecule has 0 fully saturated rings. The summed E-state index contributed by atoms with van der Waals surface area (Å²) in [5.74, 6) is 1.62. The Bertz CT molecular complexity index is 417. The number of benzene rings is 1. The van der Waals surface area contributed by atoms with E-state index in [0.29, 0.717) is 18.0 Å². The smallest absolute Gasteiger partial charge is 0.123 e. The Morgan fingerprint density at radius 2 is 1.85 bits per heavy atom. The van der Waals surface area contributed by atoms with E-state index in [4.69, 9.17) is 4.74 Å². The molecule has 0 spiro atoms. The maximum absolute atomic E-state index is 5.51. The first-order valence-electron chi connectivity index (χ1n) is 7.45. The zero-order chi connectivity index (χ0) is 15.3. The van der Waals surface area contributed by atoms with Gasteiger partial charge < -0.3 is 10.1 Å². The summed E-state index contributed by atoms with van der Waals surface area (Å²) in [6.45, 7) is 9.88. The quantitative estimate of drug-likeness (QED) is 0.827. The second-order valence-electron chi connectivity index (χ2n) is 5.98. The maximum atomic E-state index is 5.51. The normalized spacial score (nSPS) is 14.7. The van der Waals surface area contributed by atoms with Gasteiger partial charge in [0.2, 0.25) is 0 Å². The largest absolute Gasteiger partial charge is 0.496 e. The predicted octanol–water partition coefficient (Wildman–Crippen LogP) is 3.45. The average Bonchev–Trinajstić information content (AvgIpc) is 2.45. The minimum atomic E-state index is 0.354. The average molecular weight is 278 g/mol. The van der Waals surface area contributed by atoms with E-state index in [0.717, 1.165) is 12.3 Å². The van der Waals surface area contributed by atoms with Crippen LogP contribution in [0.3, 0.4) is 0 Å².